The molecule has 0 spiro atoms. The second kappa shape index (κ2) is 22.7. The van der Waals surface area contributed by atoms with Gasteiger partial charge in [0, 0.05) is 12.3 Å². The van der Waals surface area contributed by atoms with Crippen LogP contribution in [-0.2, 0) is 39.2 Å². The minimum atomic E-state index is -2.49. The maximum absolute atomic E-state index is 14.3. The molecule has 11 heteroatoms. The summed E-state index contributed by atoms with van der Waals surface area (Å²) in [5.41, 5.74) is 1.64. The molecule has 69 heavy (non-hydrogen) atoms. The fourth-order valence-electron chi connectivity index (χ4n) is 14.1. The Balaban J connectivity index is 1.08. The lowest BCUT2D eigenvalue weighted by Crippen LogP contribution is -2.60. The highest BCUT2D eigenvalue weighted by Gasteiger charge is 2.63. The van der Waals surface area contributed by atoms with Gasteiger partial charge < -0.3 is 23.7 Å². The summed E-state index contributed by atoms with van der Waals surface area (Å²) in [5, 5.41) is 2.61. The van der Waals surface area contributed by atoms with E-state index in [0.717, 1.165) is 73.5 Å². The molecule has 0 aliphatic heterocycles. The van der Waals surface area contributed by atoms with Gasteiger partial charge in [-0.1, -0.05) is 115 Å². The molecule has 7 rings (SSSR count). The summed E-state index contributed by atoms with van der Waals surface area (Å²) in [6, 6.07) is 25.5. The number of amides is 1. The Bertz CT molecular complexity index is 2080. The van der Waals surface area contributed by atoms with Crippen LogP contribution in [0.4, 0.5) is 4.79 Å². The first-order valence-corrected chi connectivity index (χ1v) is 26.1. The predicted octanol–water partition coefficient (Wildman–Crippen LogP) is 12.8. The lowest BCUT2D eigenvalue weighted by Gasteiger charge is -2.62. The molecular weight excluding hydrogens is 871 g/mol. The average Bonchev–Trinajstić information content (AvgIpc) is 3.72. The molecule has 4 saturated carbocycles. The van der Waals surface area contributed by atoms with Crippen molar-refractivity contribution in [1.82, 2.24) is 5.32 Å². The Morgan fingerprint density at radius 1 is 0.783 bits per heavy atom. The first kappa shape index (κ1) is 52.4. The number of methoxy groups -OCH3 is 2. The Morgan fingerprint density at radius 2 is 1.43 bits per heavy atom. The number of fused-ring (bicyclic) bond motifs is 5. The van der Waals surface area contributed by atoms with Gasteiger partial charge in [-0.3, -0.25) is 15.0 Å². The molecule has 11 atom stereocenters. The molecule has 0 radical (unpaired) electrons. The Morgan fingerprint density at radius 3 is 2.03 bits per heavy atom. The quantitative estimate of drug-likeness (QED) is 0.0342. The molecule has 0 bridgehead atoms. The van der Waals surface area contributed by atoms with Crippen LogP contribution in [0.15, 0.2) is 78.9 Å². The van der Waals surface area contributed by atoms with Gasteiger partial charge in [0.25, 0.3) is 0 Å². The van der Waals surface area contributed by atoms with Crippen molar-refractivity contribution in [1.29, 1.82) is 0 Å². The molecule has 1 amide bonds. The van der Waals surface area contributed by atoms with Crippen LogP contribution in [0.3, 0.4) is 0 Å². The number of carbonyl (C=O) groups is 3. The molecule has 3 aromatic carbocycles. The number of ether oxygens (including phenoxy) is 5. The Kier molecular flexibility index (Phi) is 17.3. The molecule has 4 fully saturated rings. The van der Waals surface area contributed by atoms with E-state index in [-0.39, 0.29) is 24.5 Å². The molecule has 4 aliphatic carbocycles. The van der Waals surface area contributed by atoms with Gasteiger partial charge in [0.2, 0.25) is 6.29 Å². The van der Waals surface area contributed by atoms with E-state index in [4.69, 9.17) is 33.5 Å². The minimum Gasteiger partial charge on any atom is -0.497 e. The van der Waals surface area contributed by atoms with Crippen LogP contribution in [0.2, 0.25) is 0 Å². The SMILES string of the molecule is CCC(CCOC(c1ccccc1)(c1ccc(OC)cc1)c1ccc(OC)cc1)OC(C=O)(NC(=O)OC1CCC[C@@H]2CC[C@@H]3[C@@H]4CC[C@@H]([C@@H](C)CCCC(C)C)[C@@]4(C)CC[C@@H]3[C@@]12C)OOC(C)=O. The van der Waals surface area contributed by atoms with Gasteiger partial charge in [-0.25, -0.2) is 9.59 Å². The fourth-order valence-corrected chi connectivity index (χ4v) is 14.1. The van der Waals surface area contributed by atoms with E-state index in [1.165, 1.54) is 44.9 Å². The van der Waals surface area contributed by atoms with Crippen LogP contribution in [0.5, 0.6) is 11.5 Å². The van der Waals surface area contributed by atoms with E-state index in [1.807, 2.05) is 85.8 Å². The summed E-state index contributed by atoms with van der Waals surface area (Å²) >= 11 is 0. The largest absolute Gasteiger partial charge is 0.497 e. The number of rotatable bonds is 22. The molecular formula is C58H81NO10. The van der Waals surface area contributed by atoms with Gasteiger partial charge in [0.05, 0.1) is 26.9 Å². The van der Waals surface area contributed by atoms with Crippen LogP contribution < -0.4 is 14.8 Å². The summed E-state index contributed by atoms with van der Waals surface area (Å²) in [4.78, 5) is 50.2. The standard InChI is InChI=1S/C58H81NO10/c1-10-46(35-37-65-58(43-18-12-11-13-19-43,44-22-27-47(63-8)28-23-44)45-24-29-48(64-9)30-25-45)67-57(38-60,69-68-41(5)61)59-54(62)66-53-21-15-20-42-26-31-49-51-33-32-50(40(4)17-14-16-39(2)3)55(51,6)36-34-52(49)56(42,53)7/h11-13,18-19,22-25,27-30,38-40,42,46,49-53H,10,14-17,20-21,26,31-37H2,1-9H3,(H,59,62)/t40-,42+,46?,49+,50-,51-,52-,53?,55+,56-,57?/m0/s1. The Labute approximate surface area is 412 Å². The molecule has 378 valence electrons. The normalized spacial score (nSPS) is 28.2. The molecule has 0 heterocycles. The maximum atomic E-state index is 14.3. The van der Waals surface area contributed by atoms with Gasteiger partial charge in [0.15, 0.2) is 0 Å². The van der Waals surface area contributed by atoms with Gasteiger partial charge in [0.1, 0.15) is 23.2 Å². The minimum absolute atomic E-state index is 0.139. The van der Waals surface area contributed by atoms with Crippen molar-refractivity contribution in [3.63, 3.8) is 0 Å². The first-order valence-electron chi connectivity index (χ1n) is 26.1. The van der Waals surface area contributed by atoms with Gasteiger partial charge in [-0.15, -0.1) is 4.89 Å². The van der Waals surface area contributed by atoms with Gasteiger partial charge >= 0.3 is 18.0 Å². The van der Waals surface area contributed by atoms with E-state index in [9.17, 15) is 14.4 Å². The number of benzene rings is 3. The zero-order chi connectivity index (χ0) is 49.4. The molecule has 0 saturated heterocycles. The van der Waals surface area contributed by atoms with Gasteiger partial charge in [-0.05, 0) is 158 Å². The number of alkyl carbamates (subject to hydrolysis) is 1. The van der Waals surface area contributed by atoms with Crippen LogP contribution in [0, 0.1) is 52.3 Å². The highest BCUT2D eigenvalue weighted by molar-refractivity contribution is 5.74. The van der Waals surface area contributed by atoms with E-state index in [0.29, 0.717) is 53.3 Å². The third-order valence-corrected chi connectivity index (χ3v) is 17.6. The monoisotopic (exact) mass is 952 g/mol. The third-order valence-electron chi connectivity index (χ3n) is 17.6. The molecule has 11 nitrogen and oxygen atoms in total. The third kappa shape index (κ3) is 11.1. The van der Waals surface area contributed by atoms with Crippen molar-refractivity contribution >= 4 is 18.3 Å². The van der Waals surface area contributed by atoms with Crippen molar-refractivity contribution in [2.75, 3.05) is 20.8 Å². The summed E-state index contributed by atoms with van der Waals surface area (Å²) in [6.45, 7) is 15.4. The van der Waals surface area contributed by atoms with Crippen molar-refractivity contribution in [2.45, 2.75) is 162 Å². The number of hydrogen-bond acceptors (Lipinski definition) is 10. The Hall–Kier alpha value is -4.45. The van der Waals surface area contributed by atoms with Crippen LogP contribution >= 0.6 is 0 Å². The second-order valence-corrected chi connectivity index (χ2v) is 21.7. The second-order valence-electron chi connectivity index (χ2n) is 21.7. The predicted molar refractivity (Wildman–Crippen MR) is 266 cm³/mol. The lowest BCUT2D eigenvalue weighted by atomic mass is 9.44. The lowest BCUT2D eigenvalue weighted by molar-refractivity contribution is -0.398. The zero-order valence-electron chi connectivity index (χ0n) is 43.0. The van der Waals surface area contributed by atoms with Gasteiger partial charge in [-0.2, -0.15) is 0 Å². The topological polar surface area (TPSA) is 128 Å². The maximum Gasteiger partial charge on any atom is 0.412 e. The number of nitrogens with one attached hydrogen (secondary N) is 1. The summed E-state index contributed by atoms with van der Waals surface area (Å²) in [7, 11) is 3.26. The molecule has 3 unspecified atom stereocenters. The number of hydrogen-bond donors (Lipinski definition) is 1. The highest BCUT2D eigenvalue weighted by Crippen LogP contribution is 2.68. The number of aldehydes is 1. The van der Waals surface area contributed by atoms with Crippen LogP contribution in [0.25, 0.3) is 0 Å². The molecule has 1 N–H and O–H groups in total. The average molecular weight is 952 g/mol. The van der Waals surface area contributed by atoms with Crippen LogP contribution in [-0.4, -0.2) is 57.3 Å². The smallest absolute Gasteiger partial charge is 0.412 e. The number of carbonyl (C=O) groups excluding carboxylic acids is 3. The van der Waals surface area contributed by atoms with E-state index >= 15 is 0 Å². The molecule has 0 aromatic heterocycles. The van der Waals surface area contributed by atoms with Crippen molar-refractivity contribution in [2.24, 2.45) is 52.3 Å². The van der Waals surface area contributed by atoms with E-state index in [1.54, 1.807) is 14.2 Å². The van der Waals surface area contributed by atoms with Crippen LogP contribution in [0.1, 0.15) is 155 Å². The van der Waals surface area contributed by atoms with E-state index < -0.39 is 29.7 Å². The first-order chi connectivity index (χ1) is 33.2. The zero-order valence-corrected chi connectivity index (χ0v) is 43.0. The molecule has 4 aliphatic rings. The van der Waals surface area contributed by atoms with Crippen molar-refractivity contribution < 1.29 is 47.8 Å². The fraction of sp³-hybridized carbons (Fsp3) is 0.638. The summed E-state index contributed by atoms with van der Waals surface area (Å²) in [5.74, 6) is 2.48. The molecule has 3 aromatic rings. The van der Waals surface area contributed by atoms with E-state index in [2.05, 4.69) is 39.9 Å². The van der Waals surface area contributed by atoms with Crippen molar-refractivity contribution in [3.8, 4) is 11.5 Å². The van der Waals surface area contributed by atoms with Crippen molar-refractivity contribution in [3.05, 3.63) is 95.6 Å². The summed E-state index contributed by atoms with van der Waals surface area (Å²) in [6.07, 6.45) is 13.1. The summed E-state index contributed by atoms with van der Waals surface area (Å²) < 4.78 is 31.0. The highest BCUT2D eigenvalue weighted by atomic mass is 17.2.